The maximum Gasteiger partial charge on any atom is 0.0765 e. The third-order valence-electron chi connectivity index (χ3n) is 13.2. The van der Waals surface area contributed by atoms with Crippen LogP contribution in [-0.2, 0) is 0 Å². The largest absolute Gasteiger partial charge is 0.309 e. The molecule has 0 saturated heterocycles. The van der Waals surface area contributed by atoms with E-state index in [1.54, 1.807) is 0 Å². The zero-order chi connectivity index (χ0) is 37.6. The molecule has 5 heterocycles. The summed E-state index contributed by atoms with van der Waals surface area (Å²) in [5.41, 5.74) is 20.2. The van der Waals surface area contributed by atoms with Crippen molar-refractivity contribution in [2.45, 2.75) is 5.92 Å². The summed E-state index contributed by atoms with van der Waals surface area (Å²) in [7, 11) is 0. The molecule has 0 spiro atoms. The molecular formula is C55H33N3. The van der Waals surface area contributed by atoms with Gasteiger partial charge in [0.2, 0.25) is 0 Å². The van der Waals surface area contributed by atoms with Crippen molar-refractivity contribution >= 4 is 65.4 Å². The molecule has 0 bridgehead atoms. The number of nitrogens with zero attached hydrogens (tertiary/aromatic N) is 3. The molecule has 9 aromatic carbocycles. The molecule has 3 heteroatoms. The quantitative estimate of drug-likeness (QED) is 0.172. The normalized spacial score (nSPS) is 14.0. The highest BCUT2D eigenvalue weighted by Crippen LogP contribution is 2.56. The fourth-order valence-electron chi connectivity index (χ4n) is 10.9. The van der Waals surface area contributed by atoms with Crippen LogP contribution in [0.1, 0.15) is 22.6 Å². The van der Waals surface area contributed by atoms with E-state index in [-0.39, 0.29) is 5.92 Å². The topological polar surface area (TPSA) is 14.8 Å². The minimum atomic E-state index is 0.0634. The zero-order valence-corrected chi connectivity index (χ0v) is 31.4. The second-order valence-corrected chi connectivity index (χ2v) is 16.0. The zero-order valence-electron chi connectivity index (χ0n) is 31.4. The van der Waals surface area contributed by atoms with Crippen molar-refractivity contribution in [1.29, 1.82) is 0 Å². The van der Waals surface area contributed by atoms with E-state index in [0.717, 1.165) is 0 Å². The van der Waals surface area contributed by atoms with Crippen molar-refractivity contribution in [1.82, 2.24) is 13.7 Å². The summed E-state index contributed by atoms with van der Waals surface area (Å²) in [4.78, 5) is 0. The maximum atomic E-state index is 2.61. The third-order valence-corrected chi connectivity index (χ3v) is 13.2. The van der Waals surface area contributed by atoms with Gasteiger partial charge in [-0.25, -0.2) is 0 Å². The summed E-state index contributed by atoms with van der Waals surface area (Å²) in [6.07, 6.45) is 0. The van der Waals surface area contributed by atoms with Gasteiger partial charge in [-0.05, 0) is 81.9 Å². The summed E-state index contributed by atoms with van der Waals surface area (Å²) in [5, 5.41) is 7.69. The molecule has 268 valence electrons. The van der Waals surface area contributed by atoms with E-state index in [1.807, 2.05) is 0 Å². The predicted molar refractivity (Wildman–Crippen MR) is 241 cm³/mol. The van der Waals surface area contributed by atoms with Gasteiger partial charge in [0.15, 0.2) is 0 Å². The van der Waals surface area contributed by atoms with Crippen molar-refractivity contribution in [3.63, 3.8) is 0 Å². The van der Waals surface area contributed by atoms with E-state index in [2.05, 4.69) is 208 Å². The van der Waals surface area contributed by atoms with Crippen molar-refractivity contribution < 1.29 is 0 Å². The molecule has 1 unspecified atom stereocenters. The summed E-state index contributed by atoms with van der Waals surface area (Å²) < 4.78 is 7.72. The highest BCUT2D eigenvalue weighted by Gasteiger charge is 2.39. The van der Waals surface area contributed by atoms with Crippen LogP contribution in [0.25, 0.3) is 105 Å². The highest BCUT2D eigenvalue weighted by atomic mass is 15.1. The van der Waals surface area contributed by atoms with E-state index >= 15 is 0 Å². The summed E-state index contributed by atoms with van der Waals surface area (Å²) in [6.45, 7) is 0. The first-order valence-electron chi connectivity index (χ1n) is 20.2. The van der Waals surface area contributed by atoms with Crippen molar-refractivity contribution in [3.05, 3.63) is 211 Å². The Hall–Kier alpha value is -7.62. The molecule has 12 aromatic rings. The minimum Gasteiger partial charge on any atom is -0.309 e. The van der Waals surface area contributed by atoms with E-state index < -0.39 is 0 Å². The van der Waals surface area contributed by atoms with Crippen LogP contribution in [0, 0.1) is 0 Å². The Balaban J connectivity index is 1.17. The smallest absolute Gasteiger partial charge is 0.0765 e. The number of aromatic nitrogens is 3. The fraction of sp³-hybridized carbons (Fsp3) is 0.0182. The second kappa shape index (κ2) is 11.0. The summed E-state index contributed by atoms with van der Waals surface area (Å²) in [6, 6.07) is 72.4. The number of benzene rings is 9. The van der Waals surface area contributed by atoms with E-state index in [4.69, 9.17) is 0 Å². The fourth-order valence-corrected chi connectivity index (χ4v) is 10.9. The molecule has 14 rings (SSSR count). The van der Waals surface area contributed by atoms with Crippen LogP contribution in [0.2, 0.25) is 0 Å². The molecule has 0 saturated carbocycles. The molecule has 3 aromatic heterocycles. The first-order valence-corrected chi connectivity index (χ1v) is 20.2. The van der Waals surface area contributed by atoms with Crippen LogP contribution in [-0.4, -0.2) is 13.7 Å². The Morgan fingerprint density at radius 2 is 0.759 bits per heavy atom. The van der Waals surface area contributed by atoms with Gasteiger partial charge in [-0.3, -0.25) is 0 Å². The molecular weight excluding hydrogens is 703 g/mol. The SMILES string of the molecule is c1ccc(-c2ccc3c(c2)c2cc(-c4ccccc4)ccc2n3-c2ccc3c4c2-n2c5ccccc5c5cccc(c52)C4c2cccc4c5ccccc5n-3c24)cc1. The molecule has 58 heavy (non-hydrogen) atoms. The Labute approximate surface area is 333 Å². The summed E-state index contributed by atoms with van der Waals surface area (Å²) >= 11 is 0. The van der Waals surface area contributed by atoms with Crippen LogP contribution in [0.4, 0.5) is 0 Å². The number of rotatable bonds is 3. The maximum absolute atomic E-state index is 2.61. The first-order chi connectivity index (χ1) is 28.8. The molecule has 0 radical (unpaired) electrons. The lowest BCUT2D eigenvalue weighted by molar-refractivity contribution is 0.877. The Morgan fingerprint density at radius 1 is 0.293 bits per heavy atom. The predicted octanol–water partition coefficient (Wildman–Crippen LogP) is 14.1. The average Bonchev–Trinajstić information content (AvgIpc) is 3.93. The van der Waals surface area contributed by atoms with Crippen molar-refractivity contribution in [2.24, 2.45) is 0 Å². The molecule has 0 N–H and O–H groups in total. The van der Waals surface area contributed by atoms with Crippen molar-refractivity contribution in [2.75, 3.05) is 0 Å². The summed E-state index contributed by atoms with van der Waals surface area (Å²) in [5.74, 6) is 0.0634. The molecule has 0 fully saturated rings. The molecule has 0 aliphatic carbocycles. The molecule has 2 aliphatic heterocycles. The van der Waals surface area contributed by atoms with Gasteiger partial charge in [0.05, 0.1) is 50.2 Å². The molecule has 2 aliphatic rings. The van der Waals surface area contributed by atoms with Gasteiger partial charge in [0, 0.05) is 43.8 Å². The lowest BCUT2D eigenvalue weighted by Gasteiger charge is -2.36. The number of fused-ring (bicyclic) bond motifs is 13. The van der Waals surface area contributed by atoms with E-state index in [1.165, 1.54) is 121 Å². The monoisotopic (exact) mass is 735 g/mol. The van der Waals surface area contributed by atoms with Gasteiger partial charge in [0.25, 0.3) is 0 Å². The minimum absolute atomic E-state index is 0.0634. The van der Waals surface area contributed by atoms with Gasteiger partial charge in [0.1, 0.15) is 0 Å². The van der Waals surface area contributed by atoms with Gasteiger partial charge in [-0.1, -0.05) is 146 Å². The van der Waals surface area contributed by atoms with Crippen LogP contribution < -0.4 is 0 Å². The van der Waals surface area contributed by atoms with Gasteiger partial charge >= 0.3 is 0 Å². The molecule has 3 nitrogen and oxygen atoms in total. The van der Waals surface area contributed by atoms with Crippen LogP contribution in [0.5, 0.6) is 0 Å². The number of hydrogen-bond acceptors (Lipinski definition) is 0. The van der Waals surface area contributed by atoms with Crippen molar-refractivity contribution in [3.8, 4) is 39.3 Å². The molecule has 0 amide bonds. The third kappa shape index (κ3) is 3.79. The van der Waals surface area contributed by atoms with E-state index in [9.17, 15) is 0 Å². The van der Waals surface area contributed by atoms with Crippen LogP contribution >= 0.6 is 0 Å². The first kappa shape index (κ1) is 30.6. The molecule has 1 atom stereocenters. The Bertz CT molecular complexity index is 3630. The van der Waals surface area contributed by atoms with Crippen LogP contribution in [0.3, 0.4) is 0 Å². The highest BCUT2D eigenvalue weighted by molar-refractivity contribution is 6.16. The standard InChI is InChI=1S/C55H33N3/c1-3-13-33(14-4-1)35-25-27-47-43(31-35)44-32-36(34-15-5-2-6-16-34)26-28-48(44)56(47)50-30-29-49-52-51(41-21-11-19-39-37-17-7-9-23-45(37)57(49)53(39)41)42-22-12-20-40-38-18-8-10-24-46(38)58(54(40)42)55(50)52/h1-32,51H. The lowest BCUT2D eigenvalue weighted by Crippen LogP contribution is -2.23. The second-order valence-electron chi connectivity index (χ2n) is 16.0. The Morgan fingerprint density at radius 3 is 1.34 bits per heavy atom. The van der Waals surface area contributed by atoms with Crippen LogP contribution in [0.15, 0.2) is 194 Å². The van der Waals surface area contributed by atoms with Gasteiger partial charge in [-0.2, -0.15) is 0 Å². The number of para-hydroxylation sites is 4. The Kier molecular flexibility index (Phi) is 5.81. The van der Waals surface area contributed by atoms with Gasteiger partial charge in [-0.15, -0.1) is 0 Å². The van der Waals surface area contributed by atoms with E-state index in [0.29, 0.717) is 0 Å². The average molecular weight is 736 g/mol. The number of hydrogen-bond donors (Lipinski definition) is 0. The van der Waals surface area contributed by atoms with Gasteiger partial charge < -0.3 is 13.7 Å². The lowest BCUT2D eigenvalue weighted by atomic mass is 9.77.